The molecule has 27 heavy (non-hydrogen) atoms. The molecular formula is C19H17N3O5. The van der Waals surface area contributed by atoms with Gasteiger partial charge < -0.3 is 19.6 Å². The number of amides is 1. The quantitative estimate of drug-likeness (QED) is 0.665. The predicted octanol–water partition coefficient (Wildman–Crippen LogP) is 2.32. The summed E-state index contributed by atoms with van der Waals surface area (Å²) in [6.45, 7) is 1.31. The van der Waals surface area contributed by atoms with E-state index in [0.717, 1.165) is 5.56 Å². The van der Waals surface area contributed by atoms with Crippen LogP contribution in [-0.2, 0) is 9.53 Å². The predicted molar refractivity (Wildman–Crippen MR) is 95.9 cm³/mol. The molecule has 0 spiro atoms. The van der Waals surface area contributed by atoms with Crippen molar-refractivity contribution in [1.29, 1.82) is 0 Å². The van der Waals surface area contributed by atoms with Crippen LogP contribution in [0.25, 0.3) is 22.8 Å². The third kappa shape index (κ3) is 3.79. The maximum Gasteiger partial charge on any atom is 0.325 e. The standard InChI is InChI=1S/C19H17N3O5/c1-11-13(14-9-22-19(27-14)12-6-4-3-5-7-12)8-20-16(17(11)24)18(25)21-10-15(23)26-2/h3-9,24H,10H2,1-2H3,(H,21,25). The number of carbonyl (C=O) groups excluding carboxylic acids is 2. The van der Waals surface area contributed by atoms with E-state index in [0.29, 0.717) is 22.8 Å². The lowest BCUT2D eigenvalue weighted by Gasteiger charge is -2.09. The van der Waals surface area contributed by atoms with E-state index >= 15 is 0 Å². The monoisotopic (exact) mass is 367 g/mol. The lowest BCUT2D eigenvalue weighted by atomic mass is 10.1. The van der Waals surface area contributed by atoms with Gasteiger partial charge in [-0.25, -0.2) is 9.97 Å². The maximum atomic E-state index is 12.1. The highest BCUT2D eigenvalue weighted by Crippen LogP contribution is 2.32. The number of pyridine rings is 1. The van der Waals surface area contributed by atoms with Crippen molar-refractivity contribution in [2.75, 3.05) is 13.7 Å². The Hall–Kier alpha value is -3.68. The van der Waals surface area contributed by atoms with Gasteiger partial charge in [0, 0.05) is 22.9 Å². The van der Waals surface area contributed by atoms with Crippen molar-refractivity contribution in [2.45, 2.75) is 6.92 Å². The van der Waals surface area contributed by atoms with Crippen molar-refractivity contribution in [3.05, 3.63) is 54.0 Å². The summed E-state index contributed by atoms with van der Waals surface area (Å²) >= 11 is 0. The molecule has 3 aromatic rings. The summed E-state index contributed by atoms with van der Waals surface area (Å²) < 4.78 is 10.2. The Balaban J connectivity index is 1.86. The molecule has 8 heteroatoms. The Morgan fingerprint density at radius 2 is 1.93 bits per heavy atom. The summed E-state index contributed by atoms with van der Waals surface area (Å²) in [5, 5.41) is 12.7. The van der Waals surface area contributed by atoms with Crippen LogP contribution in [-0.4, -0.2) is 40.6 Å². The van der Waals surface area contributed by atoms with Gasteiger partial charge in [0.15, 0.2) is 17.2 Å². The zero-order valence-corrected chi connectivity index (χ0v) is 14.7. The summed E-state index contributed by atoms with van der Waals surface area (Å²) in [6, 6.07) is 9.38. The molecule has 3 rings (SSSR count). The van der Waals surface area contributed by atoms with Crippen LogP contribution in [0.3, 0.4) is 0 Å². The molecule has 0 radical (unpaired) electrons. The van der Waals surface area contributed by atoms with Gasteiger partial charge in [0.1, 0.15) is 6.54 Å². The Labute approximate surface area is 154 Å². The van der Waals surface area contributed by atoms with E-state index < -0.39 is 11.9 Å². The van der Waals surface area contributed by atoms with Gasteiger partial charge in [0.2, 0.25) is 5.89 Å². The minimum absolute atomic E-state index is 0.192. The fourth-order valence-electron chi connectivity index (χ4n) is 2.43. The van der Waals surface area contributed by atoms with Crippen LogP contribution >= 0.6 is 0 Å². The molecule has 0 aliphatic carbocycles. The third-order valence-corrected chi connectivity index (χ3v) is 3.93. The Bertz CT molecular complexity index is 982. The number of carbonyl (C=O) groups is 2. The number of rotatable bonds is 5. The van der Waals surface area contributed by atoms with Crippen molar-refractivity contribution in [2.24, 2.45) is 0 Å². The first kappa shape index (κ1) is 18.1. The molecule has 1 aromatic carbocycles. The number of hydrogen-bond acceptors (Lipinski definition) is 7. The van der Waals surface area contributed by atoms with Gasteiger partial charge in [-0.3, -0.25) is 9.59 Å². The number of oxazole rings is 1. The first-order chi connectivity index (χ1) is 13.0. The molecule has 0 saturated heterocycles. The molecule has 0 aliphatic rings. The molecule has 0 saturated carbocycles. The van der Waals surface area contributed by atoms with Crippen LogP contribution in [0.2, 0.25) is 0 Å². The molecule has 0 atom stereocenters. The molecule has 0 aliphatic heterocycles. The van der Waals surface area contributed by atoms with E-state index in [9.17, 15) is 14.7 Å². The minimum atomic E-state index is -0.685. The number of nitrogens with zero attached hydrogens (tertiary/aromatic N) is 2. The Morgan fingerprint density at radius 1 is 1.19 bits per heavy atom. The minimum Gasteiger partial charge on any atom is -0.505 e. The second kappa shape index (κ2) is 7.69. The number of methoxy groups -OCH3 is 1. The largest absolute Gasteiger partial charge is 0.505 e. The number of aromatic nitrogens is 2. The van der Waals surface area contributed by atoms with Gasteiger partial charge in [-0.15, -0.1) is 0 Å². The molecule has 1 amide bonds. The van der Waals surface area contributed by atoms with Crippen molar-refractivity contribution in [3.8, 4) is 28.5 Å². The summed E-state index contributed by atoms with van der Waals surface area (Å²) in [4.78, 5) is 31.5. The van der Waals surface area contributed by atoms with Crippen LogP contribution in [0.5, 0.6) is 5.75 Å². The van der Waals surface area contributed by atoms with Gasteiger partial charge in [-0.05, 0) is 19.1 Å². The van der Waals surface area contributed by atoms with E-state index in [1.165, 1.54) is 19.5 Å². The lowest BCUT2D eigenvalue weighted by Crippen LogP contribution is -2.30. The highest BCUT2D eigenvalue weighted by atomic mass is 16.5. The van der Waals surface area contributed by atoms with Gasteiger partial charge in [0.25, 0.3) is 5.91 Å². The van der Waals surface area contributed by atoms with Gasteiger partial charge in [-0.1, -0.05) is 18.2 Å². The summed E-state index contributed by atoms with van der Waals surface area (Å²) in [5.74, 6) is -0.742. The SMILES string of the molecule is COC(=O)CNC(=O)c1ncc(-c2cnc(-c3ccccc3)o2)c(C)c1O. The van der Waals surface area contributed by atoms with E-state index in [4.69, 9.17) is 4.42 Å². The van der Waals surface area contributed by atoms with E-state index in [2.05, 4.69) is 20.0 Å². The molecule has 0 fully saturated rings. The van der Waals surface area contributed by atoms with Crippen LogP contribution < -0.4 is 5.32 Å². The highest BCUT2D eigenvalue weighted by Gasteiger charge is 2.20. The third-order valence-electron chi connectivity index (χ3n) is 3.93. The molecule has 8 nitrogen and oxygen atoms in total. The molecular weight excluding hydrogens is 350 g/mol. The molecule has 2 heterocycles. The van der Waals surface area contributed by atoms with E-state index in [-0.39, 0.29) is 18.0 Å². The van der Waals surface area contributed by atoms with Gasteiger partial charge >= 0.3 is 5.97 Å². The van der Waals surface area contributed by atoms with Crippen molar-refractivity contribution in [1.82, 2.24) is 15.3 Å². The second-order valence-electron chi connectivity index (χ2n) is 5.65. The zero-order valence-electron chi connectivity index (χ0n) is 14.7. The van der Waals surface area contributed by atoms with Gasteiger partial charge in [-0.2, -0.15) is 0 Å². The summed E-state index contributed by atoms with van der Waals surface area (Å²) in [7, 11) is 1.21. The smallest absolute Gasteiger partial charge is 0.325 e. The van der Waals surface area contributed by atoms with E-state index in [1.54, 1.807) is 6.92 Å². The second-order valence-corrected chi connectivity index (χ2v) is 5.65. The Kier molecular flexibility index (Phi) is 5.16. The number of esters is 1. The summed E-state index contributed by atoms with van der Waals surface area (Å²) in [5.41, 5.74) is 1.54. The van der Waals surface area contributed by atoms with Crippen molar-refractivity contribution < 1.29 is 23.8 Å². The van der Waals surface area contributed by atoms with E-state index in [1.807, 2.05) is 30.3 Å². The van der Waals surface area contributed by atoms with Crippen LogP contribution in [0.1, 0.15) is 16.1 Å². The zero-order chi connectivity index (χ0) is 19.4. The maximum absolute atomic E-state index is 12.1. The number of nitrogens with one attached hydrogen (secondary N) is 1. The highest BCUT2D eigenvalue weighted by molar-refractivity contribution is 5.97. The topological polar surface area (TPSA) is 115 Å². The fourth-order valence-corrected chi connectivity index (χ4v) is 2.43. The lowest BCUT2D eigenvalue weighted by molar-refractivity contribution is -0.139. The molecule has 0 unspecified atom stereocenters. The van der Waals surface area contributed by atoms with Crippen LogP contribution in [0.15, 0.2) is 47.1 Å². The van der Waals surface area contributed by atoms with Crippen LogP contribution in [0.4, 0.5) is 0 Å². The number of ether oxygens (including phenoxy) is 1. The number of benzene rings is 1. The molecule has 138 valence electrons. The summed E-state index contributed by atoms with van der Waals surface area (Å²) in [6.07, 6.45) is 2.94. The van der Waals surface area contributed by atoms with Crippen molar-refractivity contribution in [3.63, 3.8) is 0 Å². The first-order valence-corrected chi connectivity index (χ1v) is 8.06. The average Bonchev–Trinajstić information content (AvgIpc) is 3.18. The average molecular weight is 367 g/mol. The first-order valence-electron chi connectivity index (χ1n) is 8.06. The van der Waals surface area contributed by atoms with Crippen molar-refractivity contribution >= 4 is 11.9 Å². The number of hydrogen-bond donors (Lipinski definition) is 2. The number of aromatic hydroxyl groups is 1. The Morgan fingerprint density at radius 3 is 2.63 bits per heavy atom. The van der Waals surface area contributed by atoms with Crippen LogP contribution in [0, 0.1) is 6.92 Å². The molecule has 2 aromatic heterocycles. The molecule has 0 bridgehead atoms. The fraction of sp³-hybridized carbons (Fsp3) is 0.158. The van der Waals surface area contributed by atoms with Gasteiger partial charge in [0.05, 0.1) is 13.3 Å². The normalized spacial score (nSPS) is 10.4. The molecule has 2 N–H and O–H groups in total.